The highest BCUT2D eigenvalue weighted by Gasteiger charge is 2.40. The van der Waals surface area contributed by atoms with Crippen LogP contribution in [0.5, 0.6) is 5.75 Å². The van der Waals surface area contributed by atoms with E-state index in [-0.39, 0.29) is 5.75 Å². The zero-order valence-electron chi connectivity index (χ0n) is 12.8. The molecule has 0 bridgehead atoms. The van der Waals surface area contributed by atoms with Gasteiger partial charge in [0, 0.05) is 16.5 Å². The number of fused-ring (bicyclic) bond motifs is 3. The summed E-state index contributed by atoms with van der Waals surface area (Å²) in [6.07, 6.45) is -3.41. The highest BCUT2D eigenvalue weighted by atomic mass is 35.5. The third-order valence-corrected chi connectivity index (χ3v) is 4.54. The van der Waals surface area contributed by atoms with Crippen molar-refractivity contribution in [3.05, 3.63) is 88.6 Å². The van der Waals surface area contributed by atoms with Gasteiger partial charge in [-0.05, 0) is 40.6 Å². The third kappa shape index (κ3) is 2.87. The van der Waals surface area contributed by atoms with Gasteiger partial charge in [-0.2, -0.15) is 13.2 Å². The maximum absolute atomic E-state index is 13.3. The van der Waals surface area contributed by atoms with E-state index in [1.165, 1.54) is 0 Å². The van der Waals surface area contributed by atoms with Crippen molar-refractivity contribution in [1.29, 1.82) is 0 Å². The molecule has 0 radical (unpaired) electrons. The van der Waals surface area contributed by atoms with Gasteiger partial charge in [0.15, 0.2) is 0 Å². The van der Waals surface area contributed by atoms with E-state index < -0.39 is 17.9 Å². The Morgan fingerprint density at radius 2 is 1.60 bits per heavy atom. The monoisotopic (exact) mass is 360 g/mol. The minimum Gasteiger partial charge on any atom is -0.452 e. The second kappa shape index (κ2) is 5.81. The van der Waals surface area contributed by atoms with Gasteiger partial charge in [0.25, 0.3) is 0 Å². The molecule has 126 valence electrons. The predicted octanol–water partition coefficient (Wildman–Crippen LogP) is 6.46. The Kier molecular flexibility index (Phi) is 3.73. The van der Waals surface area contributed by atoms with E-state index in [0.29, 0.717) is 5.02 Å². The number of rotatable bonds is 1. The van der Waals surface area contributed by atoms with Gasteiger partial charge in [0.05, 0.1) is 0 Å². The molecule has 1 unspecified atom stereocenters. The maximum atomic E-state index is 13.3. The van der Waals surface area contributed by atoms with Gasteiger partial charge < -0.3 is 4.74 Å². The van der Waals surface area contributed by atoms with Crippen molar-refractivity contribution in [2.24, 2.45) is 0 Å². The summed E-state index contributed by atoms with van der Waals surface area (Å²) in [5.41, 5.74) is 1.46. The van der Waals surface area contributed by atoms with Crippen molar-refractivity contribution in [3.63, 3.8) is 0 Å². The molecule has 0 amide bonds. The second-order valence-electron chi connectivity index (χ2n) is 5.86. The van der Waals surface area contributed by atoms with E-state index in [0.717, 1.165) is 28.0 Å². The van der Waals surface area contributed by atoms with Crippen molar-refractivity contribution in [2.45, 2.75) is 12.1 Å². The van der Waals surface area contributed by atoms with Gasteiger partial charge in [-0.3, -0.25) is 0 Å². The predicted molar refractivity (Wildman–Crippen MR) is 92.0 cm³/mol. The number of hydrogen-bond acceptors (Lipinski definition) is 1. The molecule has 1 heterocycles. The number of allylic oxidation sites excluding steroid dienone is 2. The molecular weight excluding hydrogens is 349 g/mol. The molecule has 1 aliphatic rings. The van der Waals surface area contributed by atoms with E-state index in [1.807, 2.05) is 24.3 Å². The number of hydrogen-bond donors (Lipinski definition) is 0. The van der Waals surface area contributed by atoms with Crippen LogP contribution in [0.4, 0.5) is 13.2 Å². The fourth-order valence-electron chi connectivity index (χ4n) is 3.16. The van der Waals surface area contributed by atoms with Crippen LogP contribution in [-0.2, 0) is 0 Å². The second-order valence-corrected chi connectivity index (χ2v) is 6.29. The van der Waals surface area contributed by atoms with Crippen LogP contribution < -0.4 is 4.74 Å². The number of benzene rings is 3. The molecule has 0 saturated heterocycles. The Hall–Kier alpha value is -2.46. The highest BCUT2D eigenvalue weighted by molar-refractivity contribution is 6.30. The van der Waals surface area contributed by atoms with Crippen LogP contribution in [-0.4, -0.2) is 6.18 Å². The Labute approximate surface area is 147 Å². The van der Waals surface area contributed by atoms with Crippen LogP contribution in [0, 0.1) is 0 Å². The molecule has 0 aliphatic carbocycles. The SMILES string of the molecule is FC(F)(F)C1=CC(c2ccc(Cl)cc2)c2c(ccc3ccccc23)O1. The first-order valence-corrected chi connectivity index (χ1v) is 8.05. The smallest absolute Gasteiger partial charge is 0.449 e. The van der Waals surface area contributed by atoms with Gasteiger partial charge in [0.1, 0.15) is 5.75 Å². The average molecular weight is 361 g/mol. The zero-order chi connectivity index (χ0) is 17.6. The van der Waals surface area contributed by atoms with Crippen LogP contribution in [0.3, 0.4) is 0 Å². The molecule has 4 rings (SSSR count). The molecule has 1 aliphatic heterocycles. The summed E-state index contributed by atoms with van der Waals surface area (Å²) in [7, 11) is 0. The van der Waals surface area contributed by atoms with Gasteiger partial charge >= 0.3 is 6.18 Å². The lowest BCUT2D eigenvalue weighted by molar-refractivity contribution is -0.117. The first-order chi connectivity index (χ1) is 11.9. The fourth-order valence-corrected chi connectivity index (χ4v) is 3.28. The molecule has 5 heteroatoms. The van der Waals surface area contributed by atoms with Crippen LogP contribution in [0.15, 0.2) is 72.5 Å². The lowest BCUT2D eigenvalue weighted by Gasteiger charge is -2.27. The van der Waals surface area contributed by atoms with E-state index in [1.54, 1.807) is 36.4 Å². The molecular formula is C20H12ClF3O. The molecule has 0 spiro atoms. The zero-order valence-corrected chi connectivity index (χ0v) is 13.6. The van der Waals surface area contributed by atoms with Crippen molar-refractivity contribution in [2.75, 3.05) is 0 Å². The van der Waals surface area contributed by atoms with Crippen LogP contribution in [0.1, 0.15) is 17.0 Å². The topological polar surface area (TPSA) is 9.23 Å². The summed E-state index contributed by atoms with van der Waals surface area (Å²) in [5.74, 6) is -1.33. The van der Waals surface area contributed by atoms with E-state index >= 15 is 0 Å². The largest absolute Gasteiger partial charge is 0.452 e. The van der Waals surface area contributed by atoms with E-state index in [2.05, 4.69) is 0 Å². The summed E-state index contributed by atoms with van der Waals surface area (Å²) in [5, 5.41) is 2.36. The van der Waals surface area contributed by atoms with Crippen LogP contribution in [0.2, 0.25) is 5.02 Å². The van der Waals surface area contributed by atoms with Crippen LogP contribution >= 0.6 is 11.6 Å². The highest BCUT2D eigenvalue weighted by Crippen LogP contribution is 2.45. The van der Waals surface area contributed by atoms with Crippen molar-refractivity contribution in [1.82, 2.24) is 0 Å². The van der Waals surface area contributed by atoms with Crippen molar-refractivity contribution >= 4 is 22.4 Å². The van der Waals surface area contributed by atoms with E-state index in [9.17, 15) is 13.2 Å². The summed E-state index contributed by atoms with van der Waals surface area (Å²) >= 11 is 5.93. The van der Waals surface area contributed by atoms with Crippen molar-refractivity contribution < 1.29 is 17.9 Å². The van der Waals surface area contributed by atoms with Crippen molar-refractivity contribution in [3.8, 4) is 5.75 Å². The van der Waals surface area contributed by atoms with Gasteiger partial charge in [0.2, 0.25) is 5.76 Å². The molecule has 0 aromatic heterocycles. The average Bonchev–Trinajstić information content (AvgIpc) is 2.60. The third-order valence-electron chi connectivity index (χ3n) is 4.29. The number of halogens is 4. The molecule has 0 fully saturated rings. The van der Waals surface area contributed by atoms with Crippen LogP contribution in [0.25, 0.3) is 10.8 Å². The summed E-state index contributed by atoms with van der Waals surface area (Å²) in [6, 6.07) is 17.8. The Morgan fingerprint density at radius 1 is 0.880 bits per heavy atom. The molecule has 3 aromatic carbocycles. The lowest BCUT2D eigenvalue weighted by Crippen LogP contribution is -2.22. The van der Waals surface area contributed by atoms with E-state index in [4.69, 9.17) is 16.3 Å². The summed E-state index contributed by atoms with van der Waals surface area (Å²) in [6.45, 7) is 0. The van der Waals surface area contributed by atoms with Gasteiger partial charge in [-0.15, -0.1) is 0 Å². The molecule has 0 N–H and O–H groups in total. The number of alkyl halides is 3. The van der Waals surface area contributed by atoms with Gasteiger partial charge in [-0.1, -0.05) is 54.1 Å². The first kappa shape index (κ1) is 16.0. The quantitative estimate of drug-likeness (QED) is 0.483. The van der Waals surface area contributed by atoms with Gasteiger partial charge in [-0.25, -0.2) is 0 Å². The minimum atomic E-state index is -4.55. The minimum absolute atomic E-state index is 0.230. The molecule has 0 saturated carbocycles. The molecule has 3 aromatic rings. The molecule has 1 nitrogen and oxygen atoms in total. The molecule has 1 atom stereocenters. The standard InChI is InChI=1S/C20H12ClF3O/c21-14-8-5-13(6-9-14)16-11-18(20(22,23)24)25-17-10-7-12-3-1-2-4-15(12)19(16)17/h1-11,16H. The number of ether oxygens (including phenoxy) is 1. The summed E-state index contributed by atoms with van der Waals surface area (Å²) < 4.78 is 45.1. The summed E-state index contributed by atoms with van der Waals surface area (Å²) in [4.78, 5) is 0. The normalized spacial score (nSPS) is 17.0. The molecule has 25 heavy (non-hydrogen) atoms. The first-order valence-electron chi connectivity index (χ1n) is 7.67. The Bertz CT molecular complexity index is 974. The Morgan fingerprint density at radius 3 is 2.32 bits per heavy atom. The lowest BCUT2D eigenvalue weighted by atomic mass is 9.85. The maximum Gasteiger partial charge on any atom is 0.449 e. The Balaban J connectivity index is 1.98. The fraction of sp³-hybridized carbons (Fsp3) is 0.100.